The minimum atomic E-state index is -1.57. The Morgan fingerprint density at radius 3 is 1.73 bits per heavy atom. The van der Waals surface area contributed by atoms with Crippen molar-refractivity contribution >= 4 is 35.4 Å². The molecule has 0 aromatic heterocycles. The lowest BCUT2D eigenvalue weighted by Gasteiger charge is -2.22. The molecule has 4 N–H and O–H groups in total. The molecule has 0 aliphatic heterocycles. The van der Waals surface area contributed by atoms with Crippen molar-refractivity contribution in [2.75, 3.05) is 0 Å². The van der Waals surface area contributed by atoms with Gasteiger partial charge in [0.15, 0.2) is 0 Å². The van der Waals surface area contributed by atoms with Gasteiger partial charge in [0.25, 0.3) is 0 Å². The smallest absolute Gasteiger partial charge is 0.233 e. The van der Waals surface area contributed by atoms with Crippen LogP contribution in [-0.2, 0) is 9.59 Å². The molecule has 0 saturated carbocycles. The molecule has 40 heavy (non-hydrogen) atoms. The van der Waals surface area contributed by atoms with E-state index in [4.69, 9.17) is 0 Å². The van der Waals surface area contributed by atoms with Crippen LogP contribution in [0.15, 0.2) is 119 Å². The number of aromatic hydroxyl groups is 2. The SMILES string of the molecule is O=C1C(=O)/C(=C2\C(O)=CC(/C=C/c3ccccc3)=CC2O)C([O-])=C1c1c(O)cc(/C=C/c2ccccc2)cc1O. The number of carbonyl (C=O) groups excluding carboxylic acids is 2. The van der Waals surface area contributed by atoms with Crippen LogP contribution in [0.4, 0.5) is 0 Å². The van der Waals surface area contributed by atoms with Crippen molar-refractivity contribution in [3.8, 4) is 11.5 Å². The summed E-state index contributed by atoms with van der Waals surface area (Å²) < 4.78 is 0. The molecular weight excluding hydrogens is 508 g/mol. The summed E-state index contributed by atoms with van der Waals surface area (Å²) in [6, 6.07) is 21.1. The third-order valence-electron chi connectivity index (χ3n) is 6.51. The molecular formula is C33H23O7-. The van der Waals surface area contributed by atoms with Crippen LogP contribution in [0.2, 0.25) is 0 Å². The number of phenols is 2. The van der Waals surface area contributed by atoms with Gasteiger partial charge in [-0.25, -0.2) is 0 Å². The summed E-state index contributed by atoms with van der Waals surface area (Å²) in [4.78, 5) is 25.8. The summed E-state index contributed by atoms with van der Waals surface area (Å²) in [6.45, 7) is 0. The Hall–Kier alpha value is -5.40. The summed E-state index contributed by atoms with van der Waals surface area (Å²) in [5.74, 6) is -5.34. The molecule has 0 bridgehead atoms. The van der Waals surface area contributed by atoms with Crippen LogP contribution in [-0.4, -0.2) is 38.1 Å². The molecule has 0 fully saturated rings. The number of allylic oxidation sites excluding steroid dienone is 5. The van der Waals surface area contributed by atoms with Crippen molar-refractivity contribution in [2.45, 2.75) is 6.10 Å². The summed E-state index contributed by atoms with van der Waals surface area (Å²) >= 11 is 0. The Morgan fingerprint density at radius 2 is 1.18 bits per heavy atom. The van der Waals surface area contributed by atoms with Crippen LogP contribution in [0.3, 0.4) is 0 Å². The fourth-order valence-electron chi connectivity index (χ4n) is 4.61. The number of benzene rings is 3. The zero-order valence-corrected chi connectivity index (χ0v) is 21.0. The number of rotatable bonds is 5. The van der Waals surface area contributed by atoms with Crippen molar-refractivity contribution in [3.63, 3.8) is 0 Å². The second kappa shape index (κ2) is 10.8. The number of aliphatic hydroxyl groups is 2. The third-order valence-corrected chi connectivity index (χ3v) is 6.51. The quantitative estimate of drug-likeness (QED) is 0.219. The normalized spacial score (nSPS) is 19.6. The molecule has 2 aliphatic carbocycles. The number of hydrogen-bond acceptors (Lipinski definition) is 7. The number of carbonyl (C=O) groups is 2. The standard InChI is InChI=1S/C33H24O7/c34-23-15-21(13-11-19-7-3-1-4-8-19)16-24(35)27(23)29-31(38)30(33(40)32(29)39)28-25(36)17-22(18-26(28)37)14-12-20-9-5-2-6-10-20/h1-18,23,34-38H/p-1/b13-11+,14-12+,29-27-. The maximum atomic E-state index is 13.4. The summed E-state index contributed by atoms with van der Waals surface area (Å²) in [5.41, 5.74) is 0.187. The third kappa shape index (κ3) is 5.01. The number of hydrogen-bond donors (Lipinski definition) is 4. The molecule has 0 heterocycles. The van der Waals surface area contributed by atoms with Crippen molar-refractivity contribution < 1.29 is 35.1 Å². The fourth-order valence-corrected chi connectivity index (χ4v) is 4.61. The van der Waals surface area contributed by atoms with Gasteiger partial charge in [-0.2, -0.15) is 0 Å². The predicted octanol–water partition coefficient (Wildman–Crippen LogP) is 4.24. The van der Waals surface area contributed by atoms with E-state index in [1.165, 1.54) is 24.3 Å². The monoisotopic (exact) mass is 531 g/mol. The molecule has 7 nitrogen and oxygen atoms in total. The van der Waals surface area contributed by atoms with Crippen LogP contribution in [0, 0.1) is 0 Å². The van der Waals surface area contributed by atoms with E-state index in [9.17, 15) is 35.1 Å². The first-order valence-electron chi connectivity index (χ1n) is 12.3. The fraction of sp³-hybridized carbons (Fsp3) is 0.0303. The molecule has 5 rings (SSSR count). The number of ketones is 2. The molecule has 3 aromatic rings. The molecule has 0 saturated heterocycles. The van der Waals surface area contributed by atoms with Gasteiger partial charge in [-0.1, -0.05) is 90.7 Å². The second-order valence-electron chi connectivity index (χ2n) is 9.21. The Bertz CT molecular complexity index is 1680. The highest BCUT2D eigenvalue weighted by Crippen LogP contribution is 2.43. The van der Waals surface area contributed by atoms with Gasteiger partial charge in [0.2, 0.25) is 11.6 Å². The first-order valence-corrected chi connectivity index (χ1v) is 12.3. The van der Waals surface area contributed by atoms with Gasteiger partial charge < -0.3 is 25.5 Å². The largest absolute Gasteiger partial charge is 0.871 e. The maximum absolute atomic E-state index is 13.4. The summed E-state index contributed by atoms with van der Waals surface area (Å²) in [5, 5.41) is 56.1. The van der Waals surface area contributed by atoms with E-state index in [1.807, 2.05) is 60.7 Å². The van der Waals surface area contributed by atoms with E-state index in [0.29, 0.717) is 11.1 Å². The minimum absolute atomic E-state index is 0.385. The average Bonchev–Trinajstić information content (AvgIpc) is 3.15. The molecule has 7 heteroatoms. The zero-order valence-electron chi connectivity index (χ0n) is 21.0. The first-order chi connectivity index (χ1) is 19.2. The van der Waals surface area contributed by atoms with Crippen molar-refractivity contribution in [3.05, 3.63) is 142 Å². The van der Waals surface area contributed by atoms with Crippen LogP contribution >= 0.6 is 0 Å². The van der Waals surface area contributed by atoms with Crippen LogP contribution in [0.25, 0.3) is 23.8 Å². The number of Topliss-reactive ketones (excluding diaryl/α,β-unsaturated/α-hetero) is 2. The van der Waals surface area contributed by atoms with Crippen LogP contribution < -0.4 is 5.11 Å². The van der Waals surface area contributed by atoms with Gasteiger partial charge in [-0.3, -0.25) is 9.59 Å². The Balaban J connectivity index is 1.51. The molecule has 198 valence electrons. The average molecular weight is 532 g/mol. The lowest BCUT2D eigenvalue weighted by Crippen LogP contribution is -2.22. The Labute approximate surface area is 229 Å². The van der Waals surface area contributed by atoms with E-state index < -0.39 is 63.0 Å². The minimum Gasteiger partial charge on any atom is -0.871 e. The highest BCUT2D eigenvalue weighted by Gasteiger charge is 2.39. The Morgan fingerprint density at radius 1 is 0.675 bits per heavy atom. The maximum Gasteiger partial charge on any atom is 0.233 e. The van der Waals surface area contributed by atoms with Gasteiger partial charge in [-0.05, 0) is 46.5 Å². The van der Waals surface area contributed by atoms with Crippen molar-refractivity contribution in [2.24, 2.45) is 0 Å². The molecule has 0 amide bonds. The van der Waals surface area contributed by atoms with Crippen LogP contribution in [0.5, 0.6) is 11.5 Å². The van der Waals surface area contributed by atoms with E-state index in [0.717, 1.165) is 11.1 Å². The summed E-state index contributed by atoms with van der Waals surface area (Å²) in [6.07, 6.45) is 7.79. The Kier molecular flexibility index (Phi) is 7.05. The van der Waals surface area contributed by atoms with E-state index >= 15 is 0 Å². The van der Waals surface area contributed by atoms with E-state index in [1.54, 1.807) is 24.3 Å². The van der Waals surface area contributed by atoms with Gasteiger partial charge in [0.05, 0.1) is 5.56 Å². The molecule has 1 atom stereocenters. The highest BCUT2D eigenvalue weighted by molar-refractivity contribution is 6.63. The number of aliphatic hydroxyl groups excluding tert-OH is 2. The van der Waals surface area contributed by atoms with Gasteiger partial charge in [-0.15, -0.1) is 0 Å². The zero-order chi connectivity index (χ0) is 28.4. The lowest BCUT2D eigenvalue weighted by atomic mass is 9.91. The molecule has 0 radical (unpaired) electrons. The number of phenolic OH excluding ortho intramolecular Hbond substituents is 2. The first kappa shape index (κ1) is 26.2. The van der Waals surface area contributed by atoms with Crippen molar-refractivity contribution in [1.29, 1.82) is 0 Å². The topological polar surface area (TPSA) is 138 Å². The van der Waals surface area contributed by atoms with Gasteiger partial charge in [0.1, 0.15) is 23.4 Å². The van der Waals surface area contributed by atoms with E-state index in [2.05, 4.69) is 0 Å². The van der Waals surface area contributed by atoms with Crippen LogP contribution in [0.1, 0.15) is 22.3 Å². The molecule has 1 unspecified atom stereocenters. The van der Waals surface area contributed by atoms with Crippen molar-refractivity contribution in [1.82, 2.24) is 0 Å². The van der Waals surface area contributed by atoms with Gasteiger partial charge in [0, 0.05) is 16.7 Å². The highest BCUT2D eigenvalue weighted by atomic mass is 16.3. The van der Waals surface area contributed by atoms with Gasteiger partial charge >= 0.3 is 0 Å². The van der Waals surface area contributed by atoms with E-state index in [-0.39, 0.29) is 0 Å². The second-order valence-corrected chi connectivity index (χ2v) is 9.21. The molecule has 3 aromatic carbocycles. The molecule has 2 aliphatic rings. The lowest BCUT2D eigenvalue weighted by molar-refractivity contribution is -0.295. The summed E-state index contributed by atoms with van der Waals surface area (Å²) in [7, 11) is 0. The molecule has 0 spiro atoms. The predicted molar refractivity (Wildman–Crippen MR) is 149 cm³/mol.